The largest absolute Gasteiger partial charge is 0.395 e. The Balaban J connectivity index is 2.19. The van der Waals surface area contributed by atoms with E-state index in [-0.39, 0.29) is 24.4 Å². The van der Waals surface area contributed by atoms with Crippen molar-refractivity contribution in [3.63, 3.8) is 0 Å². The van der Waals surface area contributed by atoms with Crippen LogP contribution >= 0.6 is 11.6 Å². The number of benzene rings is 2. The molecule has 3 N–H and O–H groups in total. The minimum Gasteiger partial charge on any atom is -0.395 e. The van der Waals surface area contributed by atoms with Gasteiger partial charge in [-0.1, -0.05) is 66.2 Å². The molecule has 0 spiro atoms. The Morgan fingerprint density at radius 2 is 1.73 bits per heavy atom. The molecule has 2 aromatic rings. The minimum absolute atomic E-state index is 0.0514. The molecule has 0 saturated carbocycles. The summed E-state index contributed by atoms with van der Waals surface area (Å²) in [5, 5.41) is 14.2. The zero-order valence-electron chi connectivity index (χ0n) is 14.0. The van der Waals surface area contributed by atoms with Gasteiger partial charge in [-0.2, -0.15) is 0 Å². The van der Waals surface area contributed by atoms with Crippen molar-refractivity contribution in [2.75, 3.05) is 13.2 Å². The third-order valence-corrected chi connectivity index (χ3v) is 3.69. The molecule has 0 aromatic heterocycles. The lowest BCUT2D eigenvalue weighted by atomic mass is 10.2. The number of allylic oxidation sites excluding steroid dienone is 2. The number of aliphatic hydroxyl groups excluding tert-OH is 1. The zero-order valence-corrected chi connectivity index (χ0v) is 14.7. The summed E-state index contributed by atoms with van der Waals surface area (Å²) in [4.78, 5) is 24.6. The molecular formula is C20H19ClN2O3. The van der Waals surface area contributed by atoms with Crippen LogP contribution in [0.2, 0.25) is 5.02 Å². The van der Waals surface area contributed by atoms with Gasteiger partial charge in [-0.3, -0.25) is 9.59 Å². The molecule has 2 amide bonds. The maximum absolute atomic E-state index is 12.4. The molecule has 2 rings (SSSR count). The standard InChI is InChI=1S/C20H19ClN2O3/c21-17-11-5-4-10-16(17)19(25)23-18(20(26)22-13-14-24)12-6-9-15-7-2-1-3-8-15/h1-12,24H,13-14H2,(H,22,26)(H,23,25)/b9-6+,18-12+. The molecule has 0 heterocycles. The summed E-state index contributed by atoms with van der Waals surface area (Å²) in [5.41, 5.74) is 1.27. The van der Waals surface area contributed by atoms with Crippen LogP contribution < -0.4 is 10.6 Å². The number of carbonyl (C=O) groups excluding carboxylic acids is 2. The van der Waals surface area contributed by atoms with Crippen molar-refractivity contribution in [3.05, 3.63) is 88.6 Å². The molecule has 5 nitrogen and oxygen atoms in total. The Morgan fingerprint density at radius 3 is 2.42 bits per heavy atom. The number of halogens is 1. The molecule has 0 fully saturated rings. The van der Waals surface area contributed by atoms with Crippen LogP contribution in [0.5, 0.6) is 0 Å². The van der Waals surface area contributed by atoms with Crippen LogP contribution in [0.3, 0.4) is 0 Å². The van der Waals surface area contributed by atoms with Crippen LogP contribution in [-0.4, -0.2) is 30.1 Å². The molecule has 0 atom stereocenters. The van der Waals surface area contributed by atoms with E-state index in [4.69, 9.17) is 16.7 Å². The van der Waals surface area contributed by atoms with Crippen LogP contribution in [0.1, 0.15) is 15.9 Å². The van der Waals surface area contributed by atoms with E-state index in [0.717, 1.165) is 5.56 Å². The summed E-state index contributed by atoms with van der Waals surface area (Å²) >= 11 is 6.02. The van der Waals surface area contributed by atoms with Gasteiger partial charge in [0.1, 0.15) is 5.70 Å². The number of hydrogen-bond acceptors (Lipinski definition) is 3. The number of rotatable bonds is 7. The van der Waals surface area contributed by atoms with Gasteiger partial charge in [-0.25, -0.2) is 0 Å². The van der Waals surface area contributed by atoms with Crippen molar-refractivity contribution in [2.24, 2.45) is 0 Å². The van der Waals surface area contributed by atoms with E-state index in [1.54, 1.807) is 36.4 Å². The first-order valence-electron chi connectivity index (χ1n) is 8.00. The number of carbonyl (C=O) groups is 2. The molecular weight excluding hydrogens is 352 g/mol. The Kier molecular flexibility index (Phi) is 7.61. The van der Waals surface area contributed by atoms with Crippen LogP contribution in [0, 0.1) is 0 Å². The first-order valence-corrected chi connectivity index (χ1v) is 8.38. The topological polar surface area (TPSA) is 78.4 Å². The highest BCUT2D eigenvalue weighted by molar-refractivity contribution is 6.34. The monoisotopic (exact) mass is 370 g/mol. The summed E-state index contributed by atoms with van der Waals surface area (Å²) in [7, 11) is 0. The lowest BCUT2D eigenvalue weighted by molar-refractivity contribution is -0.117. The SMILES string of the molecule is O=C(NCCO)/C(=C\C=C\c1ccccc1)NC(=O)c1ccccc1Cl. The maximum Gasteiger partial charge on any atom is 0.267 e. The summed E-state index contributed by atoms with van der Waals surface area (Å²) in [5.74, 6) is -0.994. The molecule has 0 aliphatic rings. The summed E-state index contributed by atoms with van der Waals surface area (Å²) in [6.07, 6.45) is 4.96. The van der Waals surface area contributed by atoms with Gasteiger partial charge in [0.15, 0.2) is 0 Å². The molecule has 2 aromatic carbocycles. The lowest BCUT2D eigenvalue weighted by Gasteiger charge is -2.10. The van der Waals surface area contributed by atoms with Crippen molar-refractivity contribution >= 4 is 29.5 Å². The number of nitrogens with one attached hydrogen (secondary N) is 2. The van der Waals surface area contributed by atoms with Gasteiger partial charge in [0.25, 0.3) is 11.8 Å². The fourth-order valence-electron chi connectivity index (χ4n) is 2.09. The number of amides is 2. The molecule has 134 valence electrons. The van der Waals surface area contributed by atoms with Crippen LogP contribution in [0.15, 0.2) is 72.4 Å². The zero-order chi connectivity index (χ0) is 18.8. The van der Waals surface area contributed by atoms with E-state index in [1.165, 1.54) is 6.08 Å². The van der Waals surface area contributed by atoms with Gasteiger partial charge in [-0.05, 0) is 23.8 Å². The third-order valence-electron chi connectivity index (χ3n) is 3.36. The van der Waals surface area contributed by atoms with Gasteiger partial charge < -0.3 is 15.7 Å². The molecule has 0 aliphatic heterocycles. The summed E-state index contributed by atoms with van der Waals surface area (Å²) < 4.78 is 0. The summed E-state index contributed by atoms with van der Waals surface area (Å²) in [6, 6.07) is 16.1. The second-order valence-corrected chi connectivity index (χ2v) is 5.67. The smallest absolute Gasteiger partial charge is 0.267 e. The van der Waals surface area contributed by atoms with Gasteiger partial charge in [0.2, 0.25) is 0 Å². The Labute approximate surface area is 157 Å². The van der Waals surface area contributed by atoms with Crippen LogP contribution in [0.25, 0.3) is 6.08 Å². The number of hydrogen-bond donors (Lipinski definition) is 3. The van der Waals surface area contributed by atoms with Crippen molar-refractivity contribution in [2.45, 2.75) is 0 Å². The highest BCUT2D eigenvalue weighted by Crippen LogP contribution is 2.15. The van der Waals surface area contributed by atoms with E-state index >= 15 is 0 Å². The quantitative estimate of drug-likeness (QED) is 0.518. The van der Waals surface area contributed by atoms with E-state index in [1.807, 2.05) is 30.3 Å². The van der Waals surface area contributed by atoms with Crippen molar-refractivity contribution in [1.29, 1.82) is 0 Å². The maximum atomic E-state index is 12.4. The molecule has 0 bridgehead atoms. The van der Waals surface area contributed by atoms with Gasteiger partial charge in [0, 0.05) is 6.54 Å². The first-order chi connectivity index (χ1) is 12.6. The third kappa shape index (κ3) is 5.88. The van der Waals surface area contributed by atoms with Crippen LogP contribution in [0.4, 0.5) is 0 Å². The van der Waals surface area contributed by atoms with E-state index < -0.39 is 11.8 Å². The van der Waals surface area contributed by atoms with E-state index in [0.29, 0.717) is 5.02 Å². The predicted octanol–water partition coefficient (Wildman–Crippen LogP) is 2.78. The molecule has 0 unspecified atom stereocenters. The first kappa shape index (κ1) is 19.4. The van der Waals surface area contributed by atoms with Crippen molar-refractivity contribution in [3.8, 4) is 0 Å². The summed E-state index contributed by atoms with van der Waals surface area (Å²) in [6.45, 7) is -0.113. The van der Waals surface area contributed by atoms with Gasteiger partial charge in [-0.15, -0.1) is 0 Å². The highest BCUT2D eigenvalue weighted by Gasteiger charge is 2.15. The Morgan fingerprint density at radius 1 is 1.04 bits per heavy atom. The second kappa shape index (κ2) is 10.2. The average Bonchev–Trinajstić information content (AvgIpc) is 2.66. The minimum atomic E-state index is -0.503. The Bertz CT molecular complexity index is 817. The molecule has 26 heavy (non-hydrogen) atoms. The fraction of sp³-hybridized carbons (Fsp3) is 0.100. The Hall–Kier alpha value is -2.89. The van der Waals surface area contributed by atoms with Gasteiger partial charge in [0.05, 0.1) is 17.2 Å². The normalized spacial score (nSPS) is 11.4. The highest BCUT2D eigenvalue weighted by atomic mass is 35.5. The van der Waals surface area contributed by atoms with Crippen molar-refractivity contribution < 1.29 is 14.7 Å². The predicted molar refractivity (Wildman–Crippen MR) is 103 cm³/mol. The molecule has 0 saturated heterocycles. The van der Waals surface area contributed by atoms with Crippen molar-refractivity contribution in [1.82, 2.24) is 10.6 Å². The average molecular weight is 371 g/mol. The van der Waals surface area contributed by atoms with E-state index in [9.17, 15) is 9.59 Å². The second-order valence-electron chi connectivity index (χ2n) is 5.26. The molecule has 6 heteroatoms. The fourth-order valence-corrected chi connectivity index (χ4v) is 2.31. The molecule has 0 radical (unpaired) electrons. The lowest BCUT2D eigenvalue weighted by Crippen LogP contribution is -2.36. The molecule has 0 aliphatic carbocycles. The van der Waals surface area contributed by atoms with Gasteiger partial charge >= 0.3 is 0 Å². The number of aliphatic hydroxyl groups is 1. The van der Waals surface area contributed by atoms with Crippen LogP contribution in [-0.2, 0) is 4.79 Å². The van der Waals surface area contributed by atoms with E-state index in [2.05, 4.69) is 10.6 Å².